The molecule has 1 aliphatic carbocycles. The lowest BCUT2D eigenvalue weighted by Crippen LogP contribution is -2.61. The Bertz CT molecular complexity index is 769. The molecule has 2 amide bonds. The number of hydrogen-bond acceptors (Lipinski definition) is 4. The van der Waals surface area contributed by atoms with E-state index in [-0.39, 0.29) is 17.7 Å². The van der Waals surface area contributed by atoms with Crippen LogP contribution >= 0.6 is 11.6 Å². The van der Waals surface area contributed by atoms with Crippen molar-refractivity contribution in [2.24, 2.45) is 11.1 Å². The molecule has 4 N–H and O–H groups in total. The predicted molar refractivity (Wildman–Crippen MR) is 102 cm³/mol. The Labute approximate surface area is 164 Å². The van der Waals surface area contributed by atoms with Crippen molar-refractivity contribution in [3.05, 3.63) is 34.9 Å². The van der Waals surface area contributed by atoms with Crippen LogP contribution in [0.1, 0.15) is 44.1 Å². The Morgan fingerprint density at radius 3 is 2.67 bits per heavy atom. The monoisotopic (exact) mass is 391 g/mol. The second-order valence-electron chi connectivity index (χ2n) is 8.32. The average Bonchev–Trinajstić information content (AvgIpc) is 3.04. The molecule has 1 atom stereocenters. The number of halogens is 1. The van der Waals surface area contributed by atoms with Crippen molar-refractivity contribution in [1.29, 1.82) is 0 Å². The van der Waals surface area contributed by atoms with Gasteiger partial charge >= 0.3 is 0 Å². The molecule has 1 spiro atoms. The number of carbonyl (C=O) groups is 2. The van der Waals surface area contributed by atoms with E-state index in [2.05, 4.69) is 10.6 Å². The zero-order valence-electron chi connectivity index (χ0n) is 15.5. The Morgan fingerprint density at radius 1 is 1.33 bits per heavy atom. The SMILES string of the molecule is CC(C(=O)NCC12CC(C(N)=O)(C1)C1(CCNCC1)O2)c1cccc(Cl)c1. The quantitative estimate of drug-likeness (QED) is 0.712. The van der Waals surface area contributed by atoms with E-state index in [0.29, 0.717) is 24.4 Å². The van der Waals surface area contributed by atoms with Crippen LogP contribution in [0.2, 0.25) is 5.02 Å². The van der Waals surface area contributed by atoms with Gasteiger partial charge in [0, 0.05) is 11.6 Å². The number of hydrogen-bond donors (Lipinski definition) is 3. The van der Waals surface area contributed by atoms with Crippen LogP contribution in [0.15, 0.2) is 24.3 Å². The van der Waals surface area contributed by atoms with Gasteiger partial charge in [0.25, 0.3) is 0 Å². The molecule has 0 aromatic heterocycles. The molecule has 1 unspecified atom stereocenters. The molecule has 3 heterocycles. The van der Waals surface area contributed by atoms with E-state index >= 15 is 0 Å². The average molecular weight is 392 g/mol. The molecule has 1 aromatic rings. The molecular formula is C20H26ClN3O3. The standard InChI is InChI=1S/C20H26ClN3O3/c1-13(14-3-2-4-15(21)9-14)16(25)24-12-18-10-19(11-18,17(22)26)20(27-18)5-7-23-8-6-20/h2-4,9,13,23H,5-8,10-12H2,1H3,(H2,22,26)(H,24,25). The van der Waals surface area contributed by atoms with Crippen LogP contribution < -0.4 is 16.4 Å². The highest BCUT2D eigenvalue weighted by Gasteiger charge is 2.77. The molecule has 6 nitrogen and oxygen atoms in total. The third-order valence-electron chi connectivity index (χ3n) is 6.74. The fourth-order valence-electron chi connectivity index (χ4n) is 5.25. The van der Waals surface area contributed by atoms with E-state index in [1.807, 2.05) is 25.1 Å². The van der Waals surface area contributed by atoms with Gasteiger partial charge in [-0.25, -0.2) is 0 Å². The van der Waals surface area contributed by atoms with Crippen molar-refractivity contribution < 1.29 is 14.3 Å². The number of benzene rings is 1. The van der Waals surface area contributed by atoms with Crippen LogP contribution in [0.3, 0.4) is 0 Å². The first-order valence-corrected chi connectivity index (χ1v) is 9.93. The molecule has 2 bridgehead atoms. The summed E-state index contributed by atoms with van der Waals surface area (Å²) in [6.07, 6.45) is 2.76. The predicted octanol–water partition coefficient (Wildman–Crippen LogP) is 1.72. The Balaban J connectivity index is 1.44. The summed E-state index contributed by atoms with van der Waals surface area (Å²) in [5, 5.41) is 6.96. The van der Waals surface area contributed by atoms with Crippen molar-refractivity contribution in [1.82, 2.24) is 10.6 Å². The van der Waals surface area contributed by atoms with E-state index in [4.69, 9.17) is 22.1 Å². The van der Waals surface area contributed by atoms with Crippen LogP contribution in [0.25, 0.3) is 0 Å². The molecule has 3 saturated heterocycles. The summed E-state index contributed by atoms with van der Waals surface area (Å²) >= 11 is 6.03. The van der Waals surface area contributed by atoms with Crippen molar-refractivity contribution in [2.75, 3.05) is 19.6 Å². The van der Waals surface area contributed by atoms with Gasteiger partial charge in [-0.15, -0.1) is 0 Å². The topological polar surface area (TPSA) is 93.5 Å². The number of primary amides is 1. The van der Waals surface area contributed by atoms with Crippen molar-refractivity contribution in [2.45, 2.75) is 49.7 Å². The summed E-state index contributed by atoms with van der Waals surface area (Å²) in [4.78, 5) is 24.9. The number of nitrogens with one attached hydrogen (secondary N) is 2. The van der Waals surface area contributed by atoms with Gasteiger partial charge in [0.1, 0.15) is 0 Å². The summed E-state index contributed by atoms with van der Waals surface area (Å²) < 4.78 is 6.49. The highest BCUT2D eigenvalue weighted by molar-refractivity contribution is 6.30. The Hall–Kier alpha value is -1.63. The van der Waals surface area contributed by atoms with Gasteiger partial charge in [-0.3, -0.25) is 9.59 Å². The molecule has 4 fully saturated rings. The van der Waals surface area contributed by atoms with Crippen LogP contribution in [0.4, 0.5) is 0 Å². The molecule has 3 aliphatic heterocycles. The molecule has 7 heteroatoms. The van der Waals surface area contributed by atoms with Crippen molar-refractivity contribution >= 4 is 23.4 Å². The lowest BCUT2D eigenvalue weighted by atomic mass is 9.53. The molecule has 0 radical (unpaired) electrons. The maximum atomic E-state index is 12.6. The zero-order chi connectivity index (χ0) is 19.3. The van der Waals surface area contributed by atoms with Gasteiger partial charge < -0.3 is 21.1 Å². The summed E-state index contributed by atoms with van der Waals surface area (Å²) in [7, 11) is 0. The van der Waals surface area contributed by atoms with Gasteiger partial charge in [-0.1, -0.05) is 23.7 Å². The third-order valence-corrected chi connectivity index (χ3v) is 6.98. The van der Waals surface area contributed by atoms with Crippen molar-refractivity contribution in [3.63, 3.8) is 0 Å². The van der Waals surface area contributed by atoms with E-state index in [9.17, 15) is 9.59 Å². The molecule has 146 valence electrons. The highest BCUT2D eigenvalue weighted by atomic mass is 35.5. The summed E-state index contributed by atoms with van der Waals surface area (Å²) in [6, 6.07) is 7.33. The van der Waals surface area contributed by atoms with Crippen LogP contribution in [0.5, 0.6) is 0 Å². The van der Waals surface area contributed by atoms with E-state index < -0.39 is 16.6 Å². The molecular weight excluding hydrogens is 366 g/mol. The van der Waals surface area contributed by atoms with E-state index in [1.54, 1.807) is 6.07 Å². The van der Waals surface area contributed by atoms with Crippen molar-refractivity contribution in [3.8, 4) is 0 Å². The lowest BCUT2D eigenvalue weighted by molar-refractivity contribution is -0.137. The fourth-order valence-corrected chi connectivity index (χ4v) is 5.45. The normalized spacial score (nSPS) is 31.9. The van der Waals surface area contributed by atoms with Gasteiger partial charge in [-0.2, -0.15) is 0 Å². The van der Waals surface area contributed by atoms with Gasteiger partial charge in [0.2, 0.25) is 11.8 Å². The summed E-state index contributed by atoms with van der Waals surface area (Å²) in [5.74, 6) is -0.649. The number of rotatable bonds is 5. The van der Waals surface area contributed by atoms with Gasteiger partial charge in [-0.05, 0) is 63.4 Å². The Morgan fingerprint density at radius 2 is 2.04 bits per heavy atom. The number of ether oxygens (including phenoxy) is 1. The summed E-state index contributed by atoms with van der Waals surface area (Å²) in [6.45, 7) is 3.91. The minimum atomic E-state index is -0.585. The summed E-state index contributed by atoms with van der Waals surface area (Å²) in [5.41, 5.74) is 5.12. The second-order valence-corrected chi connectivity index (χ2v) is 8.76. The highest BCUT2D eigenvalue weighted by Crippen LogP contribution is 2.68. The Kier molecular flexibility index (Phi) is 4.48. The maximum absolute atomic E-state index is 12.6. The third kappa shape index (κ3) is 2.85. The number of nitrogens with two attached hydrogens (primary N) is 1. The van der Waals surface area contributed by atoms with Crippen LogP contribution in [0, 0.1) is 5.41 Å². The molecule has 1 aromatic carbocycles. The van der Waals surface area contributed by atoms with Gasteiger partial charge in [0.15, 0.2) is 0 Å². The fraction of sp³-hybridized carbons (Fsp3) is 0.600. The number of piperidine rings is 1. The first-order valence-electron chi connectivity index (χ1n) is 9.56. The van der Waals surface area contributed by atoms with Crippen LogP contribution in [-0.4, -0.2) is 42.7 Å². The number of carbonyl (C=O) groups excluding carboxylic acids is 2. The first kappa shape index (κ1) is 18.7. The molecule has 27 heavy (non-hydrogen) atoms. The smallest absolute Gasteiger partial charge is 0.227 e. The molecule has 5 rings (SSSR count). The van der Waals surface area contributed by atoms with Gasteiger partial charge in [0.05, 0.1) is 22.5 Å². The minimum absolute atomic E-state index is 0.0712. The largest absolute Gasteiger partial charge is 0.369 e. The maximum Gasteiger partial charge on any atom is 0.227 e. The number of amides is 2. The zero-order valence-corrected chi connectivity index (χ0v) is 16.3. The first-order chi connectivity index (χ1) is 12.8. The van der Waals surface area contributed by atoms with E-state index in [1.165, 1.54) is 0 Å². The van der Waals surface area contributed by atoms with Crippen LogP contribution in [-0.2, 0) is 14.3 Å². The second kappa shape index (κ2) is 6.47. The van der Waals surface area contributed by atoms with E-state index in [0.717, 1.165) is 31.5 Å². The molecule has 4 aliphatic rings. The lowest BCUT2D eigenvalue weighted by Gasteiger charge is -2.47. The molecule has 1 saturated carbocycles. The minimum Gasteiger partial charge on any atom is -0.369 e.